The summed E-state index contributed by atoms with van der Waals surface area (Å²) in [6.07, 6.45) is 1.80. The number of rotatable bonds is 3. The van der Waals surface area contributed by atoms with E-state index in [4.69, 9.17) is 11.6 Å². The van der Waals surface area contributed by atoms with E-state index in [-0.39, 0.29) is 0 Å². The van der Waals surface area contributed by atoms with Crippen LogP contribution in [0.2, 0.25) is 5.02 Å². The summed E-state index contributed by atoms with van der Waals surface area (Å²) < 4.78 is 1.03. The third-order valence-corrected chi connectivity index (χ3v) is 3.96. The average Bonchev–Trinajstić information content (AvgIpc) is 2.48. The molecule has 20 heavy (non-hydrogen) atoms. The predicted octanol–water partition coefficient (Wildman–Crippen LogP) is 5.26. The van der Waals surface area contributed by atoms with Crippen molar-refractivity contribution in [1.82, 2.24) is 4.98 Å². The maximum Gasteiger partial charge on any atom is 0.0703 e. The number of hydrogen-bond acceptors (Lipinski definition) is 2. The van der Waals surface area contributed by atoms with Gasteiger partial charge in [-0.1, -0.05) is 33.6 Å². The molecule has 0 saturated carbocycles. The largest absolute Gasteiger partial charge is 0.381 e. The number of aromatic nitrogens is 1. The van der Waals surface area contributed by atoms with Gasteiger partial charge < -0.3 is 5.32 Å². The third-order valence-electron chi connectivity index (χ3n) is 3.09. The van der Waals surface area contributed by atoms with Crippen molar-refractivity contribution in [2.45, 2.75) is 6.54 Å². The van der Waals surface area contributed by atoms with Crippen LogP contribution in [0.5, 0.6) is 0 Å². The van der Waals surface area contributed by atoms with Crippen molar-refractivity contribution in [3.05, 3.63) is 69.8 Å². The van der Waals surface area contributed by atoms with Crippen LogP contribution in [0.3, 0.4) is 0 Å². The smallest absolute Gasteiger partial charge is 0.0703 e. The molecular formula is C16H12BrClN2. The highest BCUT2D eigenvalue weighted by Gasteiger charge is 2.02. The molecule has 0 aliphatic carbocycles. The molecule has 0 amide bonds. The second-order valence-corrected chi connectivity index (χ2v) is 5.82. The minimum atomic E-state index is 0.685. The van der Waals surface area contributed by atoms with Gasteiger partial charge in [0.25, 0.3) is 0 Å². The lowest BCUT2D eigenvalue weighted by Crippen LogP contribution is -2.00. The van der Waals surface area contributed by atoms with Crippen molar-refractivity contribution in [2.75, 3.05) is 5.32 Å². The molecule has 3 rings (SSSR count). The fourth-order valence-electron chi connectivity index (χ4n) is 2.06. The van der Waals surface area contributed by atoms with Gasteiger partial charge in [-0.2, -0.15) is 0 Å². The predicted molar refractivity (Wildman–Crippen MR) is 88.2 cm³/mol. The number of nitrogens with one attached hydrogen (secondary N) is 1. The molecular weight excluding hydrogens is 336 g/mol. The summed E-state index contributed by atoms with van der Waals surface area (Å²) in [5, 5.41) is 5.28. The number of fused-ring (bicyclic) bond motifs is 1. The molecule has 4 heteroatoms. The number of nitrogens with zero attached hydrogens (tertiary/aromatic N) is 1. The van der Waals surface area contributed by atoms with E-state index in [2.05, 4.69) is 38.4 Å². The Morgan fingerprint density at radius 3 is 2.90 bits per heavy atom. The molecule has 0 unspecified atom stereocenters. The maximum absolute atomic E-state index is 6.19. The molecule has 1 heterocycles. The molecule has 0 atom stereocenters. The Labute approximate surface area is 130 Å². The Morgan fingerprint density at radius 2 is 2.00 bits per heavy atom. The van der Waals surface area contributed by atoms with Gasteiger partial charge in [0.05, 0.1) is 5.52 Å². The molecule has 1 aromatic heterocycles. The van der Waals surface area contributed by atoms with Gasteiger partial charge in [-0.15, -0.1) is 0 Å². The highest BCUT2D eigenvalue weighted by atomic mass is 79.9. The molecule has 1 N–H and O–H groups in total. The van der Waals surface area contributed by atoms with Crippen LogP contribution in [0.25, 0.3) is 10.9 Å². The molecule has 0 saturated heterocycles. The fourth-order valence-corrected chi connectivity index (χ4v) is 2.65. The summed E-state index contributed by atoms with van der Waals surface area (Å²) in [4.78, 5) is 4.31. The first-order valence-corrected chi connectivity index (χ1v) is 7.42. The molecule has 2 nitrogen and oxygen atoms in total. The molecule has 100 valence electrons. The minimum absolute atomic E-state index is 0.685. The van der Waals surface area contributed by atoms with E-state index in [0.717, 1.165) is 31.6 Å². The van der Waals surface area contributed by atoms with Crippen molar-refractivity contribution in [3.63, 3.8) is 0 Å². The Morgan fingerprint density at radius 1 is 1.10 bits per heavy atom. The third kappa shape index (κ3) is 2.94. The zero-order valence-electron chi connectivity index (χ0n) is 10.6. The van der Waals surface area contributed by atoms with Crippen LogP contribution >= 0.6 is 27.5 Å². The molecule has 0 radical (unpaired) electrons. The van der Waals surface area contributed by atoms with Crippen LogP contribution in [-0.4, -0.2) is 4.98 Å². The van der Waals surface area contributed by atoms with E-state index in [1.165, 1.54) is 0 Å². The quantitative estimate of drug-likeness (QED) is 0.699. The summed E-state index contributed by atoms with van der Waals surface area (Å²) in [7, 11) is 0. The van der Waals surface area contributed by atoms with Gasteiger partial charge in [-0.05, 0) is 48.0 Å². The first-order valence-electron chi connectivity index (χ1n) is 6.25. The highest BCUT2D eigenvalue weighted by Crippen LogP contribution is 2.23. The monoisotopic (exact) mass is 346 g/mol. The van der Waals surface area contributed by atoms with Gasteiger partial charge in [-0.3, -0.25) is 4.98 Å². The molecule has 0 aliphatic rings. The topological polar surface area (TPSA) is 24.9 Å². The second-order valence-electron chi connectivity index (χ2n) is 4.50. The second kappa shape index (κ2) is 5.81. The van der Waals surface area contributed by atoms with E-state index in [0.29, 0.717) is 6.54 Å². The fraction of sp³-hybridized carbons (Fsp3) is 0.0625. The molecule has 0 spiro atoms. The standard InChI is InChI=1S/C16H12BrClN2/c17-13-3-5-15(18)12(8-13)10-20-14-4-6-16-11(9-14)2-1-7-19-16/h1-9,20H,10H2. The number of anilines is 1. The van der Waals surface area contributed by atoms with E-state index >= 15 is 0 Å². The highest BCUT2D eigenvalue weighted by molar-refractivity contribution is 9.10. The zero-order chi connectivity index (χ0) is 13.9. The molecule has 0 aliphatic heterocycles. The van der Waals surface area contributed by atoms with E-state index in [9.17, 15) is 0 Å². The van der Waals surface area contributed by atoms with Gasteiger partial charge in [0.2, 0.25) is 0 Å². The lowest BCUT2D eigenvalue weighted by molar-refractivity contribution is 1.15. The van der Waals surface area contributed by atoms with Crippen LogP contribution in [-0.2, 0) is 6.54 Å². The van der Waals surface area contributed by atoms with E-state index in [1.54, 1.807) is 6.20 Å². The Balaban J connectivity index is 1.81. The number of hydrogen-bond donors (Lipinski definition) is 1. The minimum Gasteiger partial charge on any atom is -0.381 e. The number of halogens is 2. The van der Waals surface area contributed by atoms with Gasteiger partial charge in [0.1, 0.15) is 0 Å². The summed E-state index contributed by atoms with van der Waals surface area (Å²) in [6.45, 7) is 0.685. The Bertz CT molecular complexity index is 758. The summed E-state index contributed by atoms with van der Waals surface area (Å²) in [5.41, 5.74) is 3.12. The first kappa shape index (κ1) is 13.4. The summed E-state index contributed by atoms with van der Waals surface area (Å²) >= 11 is 9.65. The molecule has 3 aromatic rings. The first-order chi connectivity index (χ1) is 9.72. The van der Waals surface area contributed by atoms with Crippen molar-refractivity contribution in [3.8, 4) is 0 Å². The molecule has 2 aromatic carbocycles. The van der Waals surface area contributed by atoms with E-state index < -0.39 is 0 Å². The van der Waals surface area contributed by atoms with Gasteiger partial charge in [-0.25, -0.2) is 0 Å². The van der Waals surface area contributed by atoms with Gasteiger partial charge in [0, 0.05) is 33.3 Å². The number of benzene rings is 2. The Kier molecular flexibility index (Phi) is 3.90. The SMILES string of the molecule is Clc1ccc(Br)cc1CNc1ccc2ncccc2c1. The van der Waals surface area contributed by atoms with Crippen LogP contribution in [0.1, 0.15) is 5.56 Å². The Hall–Kier alpha value is -1.58. The normalized spacial score (nSPS) is 10.7. The zero-order valence-corrected chi connectivity index (χ0v) is 12.9. The van der Waals surface area contributed by atoms with Gasteiger partial charge in [0.15, 0.2) is 0 Å². The lowest BCUT2D eigenvalue weighted by atomic mass is 10.2. The van der Waals surface area contributed by atoms with Crippen molar-refractivity contribution >= 4 is 44.1 Å². The number of pyridine rings is 1. The van der Waals surface area contributed by atoms with Crippen LogP contribution < -0.4 is 5.32 Å². The van der Waals surface area contributed by atoms with E-state index in [1.807, 2.05) is 36.4 Å². The average molecular weight is 348 g/mol. The maximum atomic E-state index is 6.19. The van der Waals surface area contributed by atoms with Crippen molar-refractivity contribution in [1.29, 1.82) is 0 Å². The molecule has 0 fully saturated rings. The summed E-state index contributed by atoms with van der Waals surface area (Å²) in [6, 6.07) is 16.0. The van der Waals surface area contributed by atoms with Crippen LogP contribution in [0.15, 0.2) is 59.2 Å². The lowest BCUT2D eigenvalue weighted by Gasteiger charge is -2.09. The van der Waals surface area contributed by atoms with Crippen LogP contribution in [0.4, 0.5) is 5.69 Å². The van der Waals surface area contributed by atoms with Crippen molar-refractivity contribution in [2.24, 2.45) is 0 Å². The molecule has 0 bridgehead atoms. The van der Waals surface area contributed by atoms with Gasteiger partial charge >= 0.3 is 0 Å². The van der Waals surface area contributed by atoms with Crippen molar-refractivity contribution < 1.29 is 0 Å². The summed E-state index contributed by atoms with van der Waals surface area (Å²) in [5.74, 6) is 0. The van der Waals surface area contributed by atoms with Crippen LogP contribution in [0, 0.1) is 0 Å².